The molecular weight excluding hydrogens is 632 g/mol. The van der Waals surface area contributed by atoms with Gasteiger partial charge in [-0.15, -0.1) is 0 Å². The Bertz CT molecular complexity index is 1050. The number of aliphatic hydroxyl groups is 10. The molecule has 0 bridgehead atoms. The second-order valence-electron chi connectivity index (χ2n) is 11.3. The maximum atomic E-state index is 12.4. The number of amides is 2. The summed E-state index contributed by atoms with van der Waals surface area (Å²) >= 11 is 0. The van der Waals surface area contributed by atoms with Crippen molar-refractivity contribution in [3.05, 3.63) is 0 Å². The van der Waals surface area contributed by atoms with Crippen LogP contribution in [-0.2, 0) is 38.1 Å². The van der Waals surface area contributed by atoms with Gasteiger partial charge >= 0.3 is 5.97 Å². The Hall–Kier alpha value is -2.19. The summed E-state index contributed by atoms with van der Waals surface area (Å²) < 4.78 is 27.2. The number of carbonyl (C=O) groups excluding carboxylic acids is 2. The van der Waals surface area contributed by atoms with Crippen molar-refractivity contribution < 1.29 is 94.2 Å². The van der Waals surface area contributed by atoms with Gasteiger partial charge in [-0.1, -0.05) is 0 Å². The monoisotopic (exact) mass is 674 g/mol. The zero-order valence-electron chi connectivity index (χ0n) is 24.7. The minimum absolute atomic E-state index is 0.702. The van der Waals surface area contributed by atoms with Crippen molar-refractivity contribution in [2.45, 2.75) is 118 Å². The number of hydrogen-bond donors (Lipinski definition) is 13. The summed E-state index contributed by atoms with van der Waals surface area (Å²) in [6.45, 7) is -0.685. The first kappa shape index (κ1) is 38.3. The van der Waals surface area contributed by atoms with Gasteiger partial charge in [0.15, 0.2) is 12.6 Å². The maximum Gasteiger partial charge on any atom is 0.364 e. The molecule has 3 rings (SSSR count). The molecule has 0 spiro atoms. The van der Waals surface area contributed by atoms with E-state index in [-0.39, 0.29) is 0 Å². The van der Waals surface area contributed by atoms with Crippen LogP contribution >= 0.6 is 0 Å². The van der Waals surface area contributed by atoms with Gasteiger partial charge in [0, 0.05) is 20.3 Å². The molecule has 3 fully saturated rings. The zero-order chi connectivity index (χ0) is 34.7. The molecule has 46 heavy (non-hydrogen) atoms. The van der Waals surface area contributed by atoms with Crippen LogP contribution in [0.15, 0.2) is 0 Å². The molecule has 266 valence electrons. The molecule has 3 aliphatic rings. The van der Waals surface area contributed by atoms with Crippen molar-refractivity contribution >= 4 is 17.8 Å². The molecule has 0 aliphatic carbocycles. The van der Waals surface area contributed by atoms with Crippen LogP contribution in [0.1, 0.15) is 20.3 Å². The quantitative estimate of drug-likeness (QED) is 0.0913. The second-order valence-corrected chi connectivity index (χ2v) is 11.3. The molecule has 3 aliphatic heterocycles. The third kappa shape index (κ3) is 8.26. The molecule has 16 atom stereocenters. The fourth-order valence-corrected chi connectivity index (χ4v) is 5.45. The first-order chi connectivity index (χ1) is 21.5. The van der Waals surface area contributed by atoms with E-state index in [0.29, 0.717) is 0 Å². The molecule has 0 aromatic carbocycles. The van der Waals surface area contributed by atoms with Gasteiger partial charge in [-0.2, -0.15) is 0 Å². The van der Waals surface area contributed by atoms with Gasteiger partial charge in [0.2, 0.25) is 11.8 Å². The lowest BCUT2D eigenvalue weighted by Gasteiger charge is -2.48. The third-order valence-corrected chi connectivity index (χ3v) is 7.87. The van der Waals surface area contributed by atoms with Gasteiger partial charge in [0.05, 0.1) is 32.0 Å². The lowest BCUT2D eigenvalue weighted by molar-refractivity contribution is -0.356. The number of hydrogen-bond acceptors (Lipinski definition) is 18. The molecule has 2 amide bonds. The van der Waals surface area contributed by atoms with Crippen molar-refractivity contribution in [2.24, 2.45) is 0 Å². The van der Waals surface area contributed by atoms with Gasteiger partial charge in [-0.3, -0.25) is 9.59 Å². The van der Waals surface area contributed by atoms with Crippen molar-refractivity contribution in [3.8, 4) is 0 Å². The molecule has 21 heteroatoms. The Labute approximate surface area is 260 Å². The summed E-state index contributed by atoms with van der Waals surface area (Å²) in [7, 11) is 0. The number of ether oxygens (including phenoxy) is 5. The molecule has 13 N–H and O–H groups in total. The van der Waals surface area contributed by atoms with Crippen molar-refractivity contribution in [1.29, 1.82) is 0 Å². The second kappa shape index (κ2) is 15.8. The van der Waals surface area contributed by atoms with Crippen LogP contribution < -0.4 is 10.6 Å². The first-order valence-electron chi connectivity index (χ1n) is 14.2. The van der Waals surface area contributed by atoms with Gasteiger partial charge < -0.3 is 90.5 Å². The number of carboxylic acid groups (broad SMARTS) is 1. The van der Waals surface area contributed by atoms with Crippen LogP contribution in [0.2, 0.25) is 0 Å². The number of aliphatic hydroxyl groups excluding tert-OH is 10. The first-order valence-corrected chi connectivity index (χ1v) is 14.2. The summed E-state index contributed by atoms with van der Waals surface area (Å²) in [4.78, 5) is 35.9. The van der Waals surface area contributed by atoms with Crippen LogP contribution in [0.25, 0.3) is 0 Å². The highest BCUT2D eigenvalue weighted by Gasteiger charge is 2.57. The predicted octanol–water partition coefficient (Wildman–Crippen LogP) is -8.08. The number of aliphatic carboxylic acids is 1. The summed E-state index contributed by atoms with van der Waals surface area (Å²) in [6.07, 6.45) is -25.0. The molecule has 3 heterocycles. The van der Waals surface area contributed by atoms with Crippen molar-refractivity contribution in [1.82, 2.24) is 10.6 Å². The Kier molecular flexibility index (Phi) is 13.1. The van der Waals surface area contributed by atoms with E-state index >= 15 is 0 Å². The number of carbonyl (C=O) groups is 3. The molecule has 0 aromatic heterocycles. The molecule has 21 nitrogen and oxygen atoms in total. The molecular formula is C25H42N2O19. The highest BCUT2D eigenvalue weighted by atomic mass is 16.8. The summed E-state index contributed by atoms with van der Waals surface area (Å²) in [5, 5.41) is 118. The normalized spacial score (nSPS) is 42.9. The van der Waals surface area contributed by atoms with E-state index in [0.717, 1.165) is 13.8 Å². The average Bonchev–Trinajstić information content (AvgIpc) is 2.99. The highest BCUT2D eigenvalue weighted by Crippen LogP contribution is 2.35. The highest BCUT2D eigenvalue weighted by molar-refractivity contribution is 5.76. The SMILES string of the molecule is CC(=O)N[C@@H]1[C@@H](O[C@@H]2O[C@H](CO[C@]3(C(=O)O)C[C@H](O)[C@@H](NC(C)=O)[C@H]([C@H](O)[C@H](O)CO)O3)[C@H](O)[C@H](O)[C@H]2O)[C@@H](O)[C@@H](CO)O[C@@H]1O. The fraction of sp³-hybridized carbons (Fsp3) is 0.880. The van der Waals surface area contributed by atoms with E-state index in [1.807, 2.05) is 0 Å². The van der Waals surface area contributed by atoms with E-state index in [1.165, 1.54) is 0 Å². The Balaban J connectivity index is 1.85. The van der Waals surface area contributed by atoms with Gasteiger partial charge in [-0.05, 0) is 0 Å². The van der Waals surface area contributed by atoms with E-state index in [4.69, 9.17) is 23.7 Å². The van der Waals surface area contributed by atoms with Crippen molar-refractivity contribution in [3.63, 3.8) is 0 Å². The van der Waals surface area contributed by atoms with E-state index in [1.54, 1.807) is 0 Å². The van der Waals surface area contributed by atoms with Crippen LogP contribution in [-0.4, -0.2) is 191 Å². The Morgan fingerprint density at radius 2 is 1.48 bits per heavy atom. The lowest BCUT2D eigenvalue weighted by Crippen LogP contribution is -2.69. The topological polar surface area (TPSA) is 344 Å². The van der Waals surface area contributed by atoms with Crippen LogP contribution in [0, 0.1) is 0 Å². The summed E-state index contributed by atoms with van der Waals surface area (Å²) in [5.41, 5.74) is 0. The standard InChI is InChI=1S/C25H42N2O19/c1-7(30)26-13-9(32)3-25(24(40)41,46-21(13)15(34)10(33)4-28)42-6-12-16(35)18(37)19(38)23(44-12)45-20-14(27-8(2)31)22(39)43-11(5-29)17(20)36/h9-23,28-29,32-39H,3-6H2,1-2H3,(H,26,30)(H,27,31)(H,40,41)/t9-,10+,11+,12+,13+,14+,15+,16-,17-,18-,19+,20+,21+,22-,23-,25+/m0/s1. The Morgan fingerprint density at radius 3 is 2.02 bits per heavy atom. The minimum atomic E-state index is -2.85. The summed E-state index contributed by atoms with van der Waals surface area (Å²) in [5.74, 6) is -6.15. The van der Waals surface area contributed by atoms with E-state index in [9.17, 15) is 70.6 Å². The molecule has 0 aromatic rings. The van der Waals surface area contributed by atoms with E-state index < -0.39 is 142 Å². The number of rotatable bonds is 12. The number of nitrogens with one attached hydrogen (secondary N) is 2. The van der Waals surface area contributed by atoms with E-state index in [2.05, 4.69) is 10.6 Å². The molecule has 0 saturated carbocycles. The van der Waals surface area contributed by atoms with Gasteiger partial charge in [0.25, 0.3) is 5.79 Å². The van der Waals surface area contributed by atoms with Crippen LogP contribution in [0.5, 0.6) is 0 Å². The lowest BCUT2D eigenvalue weighted by atomic mass is 9.88. The van der Waals surface area contributed by atoms with Crippen molar-refractivity contribution in [2.75, 3.05) is 19.8 Å². The molecule has 3 saturated heterocycles. The van der Waals surface area contributed by atoms with Gasteiger partial charge in [0.1, 0.15) is 67.1 Å². The third-order valence-electron chi connectivity index (χ3n) is 7.87. The number of carboxylic acids is 1. The Morgan fingerprint density at radius 1 is 0.870 bits per heavy atom. The fourth-order valence-electron chi connectivity index (χ4n) is 5.45. The predicted molar refractivity (Wildman–Crippen MR) is 142 cm³/mol. The average molecular weight is 675 g/mol. The van der Waals surface area contributed by atoms with Crippen LogP contribution in [0.4, 0.5) is 0 Å². The van der Waals surface area contributed by atoms with Crippen LogP contribution in [0.3, 0.4) is 0 Å². The largest absolute Gasteiger partial charge is 0.477 e. The molecule has 0 radical (unpaired) electrons. The summed E-state index contributed by atoms with van der Waals surface area (Å²) in [6, 6.07) is -2.98. The van der Waals surface area contributed by atoms with Gasteiger partial charge in [-0.25, -0.2) is 4.79 Å². The smallest absolute Gasteiger partial charge is 0.364 e. The zero-order valence-corrected chi connectivity index (χ0v) is 24.7. The molecule has 0 unspecified atom stereocenters. The minimum Gasteiger partial charge on any atom is -0.477 e. The maximum absolute atomic E-state index is 12.4.